The molecule has 0 radical (unpaired) electrons. The summed E-state index contributed by atoms with van der Waals surface area (Å²) in [5.41, 5.74) is -0.340. The van der Waals surface area contributed by atoms with Gasteiger partial charge in [0, 0.05) is 21.8 Å². The highest BCUT2D eigenvalue weighted by Gasteiger charge is 2.35. The number of anilines is 1. The SMILES string of the molecule is O=C(O)CC1(Nc2nccc3sccc23)CCCCC1. The molecule has 2 aromatic rings. The molecule has 4 nitrogen and oxygen atoms in total. The maximum atomic E-state index is 11.2. The molecule has 1 saturated carbocycles. The van der Waals surface area contributed by atoms with E-state index in [-0.39, 0.29) is 12.0 Å². The summed E-state index contributed by atoms with van der Waals surface area (Å²) in [4.78, 5) is 15.6. The number of pyridine rings is 1. The van der Waals surface area contributed by atoms with Gasteiger partial charge in [0.25, 0.3) is 0 Å². The number of carboxylic acids is 1. The average molecular weight is 290 g/mol. The highest BCUT2D eigenvalue weighted by molar-refractivity contribution is 7.17. The van der Waals surface area contributed by atoms with Crippen molar-refractivity contribution in [2.75, 3.05) is 5.32 Å². The molecule has 2 N–H and O–H groups in total. The topological polar surface area (TPSA) is 62.2 Å². The number of hydrogen-bond acceptors (Lipinski definition) is 4. The molecule has 1 aliphatic rings. The van der Waals surface area contributed by atoms with Gasteiger partial charge in [-0.15, -0.1) is 11.3 Å². The van der Waals surface area contributed by atoms with Crippen molar-refractivity contribution >= 4 is 33.2 Å². The number of nitrogens with one attached hydrogen (secondary N) is 1. The van der Waals surface area contributed by atoms with Gasteiger partial charge in [0.15, 0.2) is 0 Å². The first-order chi connectivity index (χ1) is 9.69. The predicted molar refractivity (Wildman–Crippen MR) is 81.3 cm³/mol. The number of fused-ring (bicyclic) bond motifs is 1. The lowest BCUT2D eigenvalue weighted by molar-refractivity contribution is -0.138. The highest BCUT2D eigenvalue weighted by Crippen LogP contribution is 2.36. The molecule has 1 aliphatic carbocycles. The Morgan fingerprint density at radius 1 is 1.35 bits per heavy atom. The van der Waals surface area contributed by atoms with E-state index in [1.807, 2.05) is 17.5 Å². The van der Waals surface area contributed by atoms with Crippen LogP contribution in [0.1, 0.15) is 38.5 Å². The van der Waals surface area contributed by atoms with Crippen LogP contribution in [0.3, 0.4) is 0 Å². The van der Waals surface area contributed by atoms with Crippen LogP contribution in [-0.2, 0) is 4.79 Å². The Bertz CT molecular complexity index is 617. The standard InChI is InChI=1S/C15H18N2O2S/c18-13(19)10-15(6-2-1-3-7-15)17-14-11-5-9-20-12(11)4-8-16-14/h4-5,8-9H,1-3,6-7,10H2,(H,16,17)(H,18,19). The Balaban J connectivity index is 1.92. The fourth-order valence-electron chi connectivity index (χ4n) is 3.11. The van der Waals surface area contributed by atoms with Crippen LogP contribution < -0.4 is 5.32 Å². The molecule has 0 aromatic carbocycles. The fraction of sp³-hybridized carbons (Fsp3) is 0.467. The number of rotatable bonds is 4. The zero-order valence-electron chi connectivity index (χ0n) is 11.3. The van der Waals surface area contributed by atoms with Gasteiger partial charge < -0.3 is 10.4 Å². The van der Waals surface area contributed by atoms with Crippen LogP contribution >= 0.6 is 11.3 Å². The van der Waals surface area contributed by atoms with E-state index >= 15 is 0 Å². The summed E-state index contributed by atoms with van der Waals surface area (Å²) in [5, 5.41) is 15.8. The van der Waals surface area contributed by atoms with Gasteiger partial charge in [-0.2, -0.15) is 0 Å². The largest absolute Gasteiger partial charge is 0.481 e. The molecule has 0 amide bonds. The van der Waals surface area contributed by atoms with E-state index in [1.54, 1.807) is 17.5 Å². The summed E-state index contributed by atoms with van der Waals surface area (Å²) in [5.74, 6) is 0.0868. The Morgan fingerprint density at radius 2 is 2.15 bits per heavy atom. The second kappa shape index (κ2) is 5.40. The van der Waals surface area contributed by atoms with Crippen LogP contribution in [0.25, 0.3) is 10.1 Å². The van der Waals surface area contributed by atoms with Crippen molar-refractivity contribution in [2.45, 2.75) is 44.1 Å². The minimum atomic E-state index is -0.739. The smallest absolute Gasteiger partial charge is 0.305 e. The molecular weight excluding hydrogens is 272 g/mol. The minimum absolute atomic E-state index is 0.162. The van der Waals surface area contributed by atoms with Crippen molar-refractivity contribution in [3.8, 4) is 0 Å². The van der Waals surface area contributed by atoms with Crippen LogP contribution in [-0.4, -0.2) is 21.6 Å². The zero-order valence-corrected chi connectivity index (χ0v) is 12.1. The number of aliphatic carboxylic acids is 1. The van der Waals surface area contributed by atoms with Gasteiger partial charge in [-0.25, -0.2) is 4.98 Å². The lowest BCUT2D eigenvalue weighted by atomic mass is 9.79. The molecule has 5 heteroatoms. The molecule has 0 aliphatic heterocycles. The minimum Gasteiger partial charge on any atom is -0.481 e. The van der Waals surface area contributed by atoms with Gasteiger partial charge in [0.05, 0.1) is 6.42 Å². The molecule has 1 fully saturated rings. The molecule has 106 valence electrons. The predicted octanol–water partition coefficient (Wildman–Crippen LogP) is 3.89. The second-order valence-corrected chi connectivity index (χ2v) is 6.48. The summed E-state index contributed by atoms with van der Waals surface area (Å²) in [6.45, 7) is 0. The highest BCUT2D eigenvalue weighted by atomic mass is 32.1. The number of hydrogen-bond donors (Lipinski definition) is 2. The van der Waals surface area contributed by atoms with Crippen molar-refractivity contribution in [1.29, 1.82) is 0 Å². The van der Waals surface area contributed by atoms with Crippen LogP contribution in [0, 0.1) is 0 Å². The average Bonchev–Trinajstić information content (AvgIpc) is 2.88. The first kappa shape index (κ1) is 13.4. The van der Waals surface area contributed by atoms with Crippen molar-refractivity contribution in [1.82, 2.24) is 4.98 Å². The van der Waals surface area contributed by atoms with Gasteiger partial charge in [-0.05, 0) is 30.4 Å². The summed E-state index contributed by atoms with van der Waals surface area (Å²) in [7, 11) is 0. The van der Waals surface area contributed by atoms with Crippen molar-refractivity contribution in [3.05, 3.63) is 23.7 Å². The van der Waals surface area contributed by atoms with E-state index in [9.17, 15) is 9.90 Å². The van der Waals surface area contributed by atoms with E-state index in [0.29, 0.717) is 0 Å². The third-order valence-electron chi connectivity index (χ3n) is 4.06. The summed E-state index contributed by atoms with van der Waals surface area (Å²) in [6, 6.07) is 4.04. The maximum Gasteiger partial charge on any atom is 0.305 e. The van der Waals surface area contributed by atoms with E-state index < -0.39 is 5.97 Å². The second-order valence-electron chi connectivity index (χ2n) is 5.53. The van der Waals surface area contributed by atoms with Crippen LogP contribution in [0.15, 0.2) is 23.7 Å². The molecular formula is C15H18N2O2S. The number of aromatic nitrogens is 1. The van der Waals surface area contributed by atoms with Gasteiger partial charge >= 0.3 is 5.97 Å². The lowest BCUT2D eigenvalue weighted by Crippen LogP contribution is -2.42. The van der Waals surface area contributed by atoms with Crippen LogP contribution in [0.2, 0.25) is 0 Å². The molecule has 0 atom stereocenters. The summed E-state index contributed by atoms with van der Waals surface area (Å²) >= 11 is 1.68. The molecule has 0 spiro atoms. The van der Waals surface area contributed by atoms with Gasteiger partial charge in [0.1, 0.15) is 5.82 Å². The zero-order chi connectivity index (χ0) is 14.0. The quantitative estimate of drug-likeness (QED) is 0.897. The third kappa shape index (κ3) is 2.63. The number of carbonyl (C=O) groups is 1. The number of thiophene rings is 1. The Hall–Kier alpha value is -1.62. The van der Waals surface area contributed by atoms with Crippen molar-refractivity contribution < 1.29 is 9.90 Å². The molecule has 2 heterocycles. The van der Waals surface area contributed by atoms with Gasteiger partial charge in [0.2, 0.25) is 0 Å². The fourth-order valence-corrected chi connectivity index (χ4v) is 3.89. The molecule has 3 rings (SSSR count). The monoisotopic (exact) mass is 290 g/mol. The number of carboxylic acid groups (broad SMARTS) is 1. The number of nitrogens with zero attached hydrogens (tertiary/aromatic N) is 1. The normalized spacial score (nSPS) is 18.0. The third-order valence-corrected chi connectivity index (χ3v) is 4.95. The first-order valence-electron chi connectivity index (χ1n) is 7.01. The lowest BCUT2D eigenvalue weighted by Gasteiger charge is -2.37. The molecule has 0 saturated heterocycles. The van der Waals surface area contributed by atoms with E-state index in [1.165, 1.54) is 11.1 Å². The summed E-state index contributed by atoms with van der Waals surface area (Å²) in [6.07, 6.45) is 7.12. The summed E-state index contributed by atoms with van der Waals surface area (Å²) < 4.78 is 1.18. The molecule has 0 bridgehead atoms. The van der Waals surface area contributed by atoms with Crippen LogP contribution in [0.4, 0.5) is 5.82 Å². The van der Waals surface area contributed by atoms with E-state index in [0.717, 1.165) is 36.9 Å². The van der Waals surface area contributed by atoms with Crippen molar-refractivity contribution in [2.24, 2.45) is 0 Å². The first-order valence-corrected chi connectivity index (χ1v) is 7.89. The van der Waals surface area contributed by atoms with E-state index in [4.69, 9.17) is 0 Å². The molecule has 0 unspecified atom stereocenters. The van der Waals surface area contributed by atoms with Gasteiger partial charge in [-0.3, -0.25) is 4.79 Å². The molecule has 2 aromatic heterocycles. The Kier molecular flexibility index (Phi) is 3.61. The van der Waals surface area contributed by atoms with Crippen LogP contribution in [0.5, 0.6) is 0 Å². The molecule has 20 heavy (non-hydrogen) atoms. The Labute approximate surface area is 121 Å². The maximum absolute atomic E-state index is 11.2. The van der Waals surface area contributed by atoms with Gasteiger partial charge in [-0.1, -0.05) is 19.3 Å². The van der Waals surface area contributed by atoms with Crippen molar-refractivity contribution in [3.63, 3.8) is 0 Å². The Morgan fingerprint density at radius 3 is 2.90 bits per heavy atom. The van der Waals surface area contributed by atoms with E-state index in [2.05, 4.69) is 10.3 Å².